The van der Waals surface area contributed by atoms with Gasteiger partial charge in [0.15, 0.2) is 34.7 Å². The molecule has 0 heterocycles. The van der Waals surface area contributed by atoms with Crippen LogP contribution in [0.2, 0.25) is 0 Å². The Morgan fingerprint density at radius 1 is 1.05 bits per heavy atom. The number of anilines is 1. The Morgan fingerprint density at radius 2 is 1.71 bits per heavy atom. The van der Waals surface area contributed by atoms with Crippen molar-refractivity contribution in [2.45, 2.75) is 24.5 Å². The van der Waals surface area contributed by atoms with Crippen LogP contribution in [0.3, 0.4) is 0 Å². The number of ketones is 4. The predicted octanol–water partition coefficient (Wildman–Crippen LogP) is 0.712. The van der Waals surface area contributed by atoms with Crippen LogP contribution in [0.5, 0.6) is 5.75 Å². The first-order chi connectivity index (χ1) is 19.3. The highest BCUT2D eigenvalue weighted by Gasteiger charge is 2.69. The third-order valence-electron chi connectivity index (χ3n) is 8.57. The lowest BCUT2D eigenvalue weighted by Gasteiger charge is -2.52. The van der Waals surface area contributed by atoms with Crippen molar-refractivity contribution in [2.24, 2.45) is 29.4 Å². The second kappa shape index (κ2) is 9.89. The third-order valence-corrected chi connectivity index (χ3v) is 8.57. The Kier molecular flexibility index (Phi) is 6.79. The number of aromatic hydroxyl groups is 1. The normalized spacial score (nSPS) is 29.0. The van der Waals surface area contributed by atoms with E-state index in [1.807, 2.05) is 0 Å². The zero-order chi connectivity index (χ0) is 30.0. The first-order valence-corrected chi connectivity index (χ1v) is 13.0. The zero-order valence-corrected chi connectivity index (χ0v) is 22.5. The predicted molar refractivity (Wildman–Crippen MR) is 143 cm³/mol. The number of fused-ring (bicyclic) bond motifs is 3. The lowest BCUT2D eigenvalue weighted by molar-refractivity contribution is -0.181. The number of Topliss-reactive ketones (excluding diaryl/α,β-unsaturated/α-hetero) is 4. The molecule has 3 aliphatic carbocycles. The fourth-order valence-corrected chi connectivity index (χ4v) is 6.78. The van der Waals surface area contributed by atoms with Crippen molar-refractivity contribution in [3.8, 4) is 16.9 Å². The number of rotatable bonds is 4. The number of hydrogen-bond donors (Lipinski definition) is 4. The van der Waals surface area contributed by atoms with Crippen LogP contribution >= 0.6 is 0 Å². The fourth-order valence-electron chi connectivity index (χ4n) is 6.78. The molecule has 2 unspecified atom stereocenters. The molecule has 0 radical (unpaired) electrons. The number of methoxy groups -OCH3 is 1. The van der Waals surface area contributed by atoms with E-state index in [2.05, 4.69) is 10.1 Å². The van der Waals surface area contributed by atoms with Crippen LogP contribution < -0.4 is 11.1 Å². The van der Waals surface area contributed by atoms with Crippen LogP contribution in [0.4, 0.5) is 10.5 Å². The van der Waals surface area contributed by atoms with Gasteiger partial charge in [-0.2, -0.15) is 0 Å². The average Bonchev–Trinajstić information content (AvgIpc) is 2.91. The molecule has 2 aromatic carbocycles. The SMILES string of the molecule is COC(=O)Nc1ccc(-c2ccc(O)c3c2C[C@H]2C[C@H]4[C@H](N(C)C)C(=O)C(C(N)=O)C(=O)[C@@]4(O)C(=O)C2C3=O)cc1. The highest BCUT2D eigenvalue weighted by molar-refractivity contribution is 6.32. The third kappa shape index (κ3) is 4.13. The van der Waals surface area contributed by atoms with Crippen molar-refractivity contribution >= 4 is 40.8 Å². The van der Waals surface area contributed by atoms with Gasteiger partial charge in [0.25, 0.3) is 0 Å². The first kappa shape index (κ1) is 28.1. The van der Waals surface area contributed by atoms with Crippen molar-refractivity contribution < 1.29 is 43.7 Å². The Bertz CT molecular complexity index is 1520. The molecule has 12 nitrogen and oxygen atoms in total. The number of benzene rings is 2. The van der Waals surface area contributed by atoms with Crippen molar-refractivity contribution in [2.75, 3.05) is 26.5 Å². The van der Waals surface area contributed by atoms with E-state index in [-0.39, 0.29) is 24.2 Å². The van der Waals surface area contributed by atoms with Gasteiger partial charge >= 0.3 is 6.09 Å². The lowest BCUT2D eigenvalue weighted by Crippen LogP contribution is -2.74. The number of nitrogens with two attached hydrogens (primary N) is 1. The Labute approximate surface area is 234 Å². The van der Waals surface area contributed by atoms with Gasteiger partial charge in [-0.25, -0.2) is 4.79 Å². The Hall–Kier alpha value is -4.42. The number of amides is 2. The minimum absolute atomic E-state index is 0.0407. The van der Waals surface area contributed by atoms with Gasteiger partial charge in [-0.1, -0.05) is 18.2 Å². The number of nitrogens with zero attached hydrogens (tertiary/aromatic N) is 1. The van der Waals surface area contributed by atoms with E-state index in [4.69, 9.17) is 5.73 Å². The second-order valence-electron chi connectivity index (χ2n) is 11.0. The minimum Gasteiger partial charge on any atom is -0.507 e. The average molecular weight is 564 g/mol. The zero-order valence-electron chi connectivity index (χ0n) is 22.5. The topological polar surface area (TPSA) is 193 Å². The second-order valence-corrected chi connectivity index (χ2v) is 11.0. The number of ether oxygens (including phenoxy) is 1. The van der Waals surface area contributed by atoms with Gasteiger partial charge in [-0.3, -0.25) is 34.2 Å². The molecule has 41 heavy (non-hydrogen) atoms. The van der Waals surface area contributed by atoms with E-state index >= 15 is 0 Å². The van der Waals surface area contributed by atoms with Crippen LogP contribution in [-0.4, -0.2) is 83.1 Å². The van der Waals surface area contributed by atoms with E-state index in [1.165, 1.54) is 32.2 Å². The van der Waals surface area contributed by atoms with Crippen molar-refractivity contribution in [3.63, 3.8) is 0 Å². The number of aliphatic hydroxyl groups is 1. The summed E-state index contributed by atoms with van der Waals surface area (Å²) in [4.78, 5) is 79.4. The summed E-state index contributed by atoms with van der Waals surface area (Å²) in [6.07, 6.45) is -0.546. The lowest BCUT2D eigenvalue weighted by atomic mass is 9.52. The van der Waals surface area contributed by atoms with Crippen LogP contribution in [0.25, 0.3) is 11.1 Å². The number of primary amides is 1. The summed E-state index contributed by atoms with van der Waals surface area (Å²) in [5.74, 6) is -11.0. The largest absolute Gasteiger partial charge is 0.507 e. The van der Waals surface area contributed by atoms with Crippen molar-refractivity contribution in [1.29, 1.82) is 0 Å². The molecular weight excluding hydrogens is 534 g/mol. The molecule has 2 aromatic rings. The molecule has 5 rings (SSSR count). The van der Waals surface area contributed by atoms with E-state index in [9.17, 15) is 39.0 Å². The van der Waals surface area contributed by atoms with Crippen LogP contribution in [0.15, 0.2) is 36.4 Å². The van der Waals surface area contributed by atoms with Gasteiger partial charge in [0.05, 0.1) is 24.6 Å². The summed E-state index contributed by atoms with van der Waals surface area (Å²) >= 11 is 0. The maximum absolute atomic E-state index is 13.9. The standard InChI is InChI=1S/C29H29N3O9/c1-32(2)22-17-11-13-10-16-15(12-4-6-14(7-5-12)31-28(39)41-3)8-9-18(33)20(16)23(34)19(13)25(36)29(17,40)26(37)21(24(22)35)27(30)38/h4-9,13,17,19,21-22,33,40H,10-11H2,1-3H3,(H2,30,38)(H,31,39)/t13-,17-,19?,21?,22-,29-/m0/s1. The molecule has 12 heteroatoms. The van der Waals surface area contributed by atoms with Gasteiger partial charge < -0.3 is 20.7 Å². The Morgan fingerprint density at radius 3 is 2.29 bits per heavy atom. The highest BCUT2D eigenvalue weighted by Crippen LogP contribution is 2.51. The molecule has 2 amide bonds. The Balaban J connectivity index is 1.59. The van der Waals surface area contributed by atoms with Crippen LogP contribution in [0.1, 0.15) is 22.3 Å². The maximum Gasteiger partial charge on any atom is 0.411 e. The first-order valence-electron chi connectivity index (χ1n) is 13.0. The summed E-state index contributed by atoms with van der Waals surface area (Å²) in [7, 11) is 4.30. The molecule has 0 aromatic heterocycles. The molecule has 2 fully saturated rings. The van der Waals surface area contributed by atoms with E-state index < -0.39 is 70.4 Å². The number of hydrogen-bond acceptors (Lipinski definition) is 10. The molecule has 5 N–H and O–H groups in total. The molecule has 0 aliphatic heterocycles. The molecular formula is C29H29N3O9. The smallest absolute Gasteiger partial charge is 0.411 e. The number of carbonyl (C=O) groups excluding carboxylic acids is 6. The van der Waals surface area contributed by atoms with Gasteiger partial charge in [0, 0.05) is 11.6 Å². The highest BCUT2D eigenvalue weighted by atomic mass is 16.5. The molecule has 2 saturated carbocycles. The molecule has 0 spiro atoms. The van der Waals surface area contributed by atoms with Crippen LogP contribution in [0, 0.1) is 23.7 Å². The molecule has 214 valence electrons. The molecule has 0 bridgehead atoms. The van der Waals surface area contributed by atoms with Crippen LogP contribution in [-0.2, 0) is 30.3 Å². The number of phenolic OH excluding ortho intramolecular Hbond substituents is 1. The van der Waals surface area contributed by atoms with Crippen molar-refractivity contribution in [3.05, 3.63) is 47.5 Å². The summed E-state index contributed by atoms with van der Waals surface area (Å²) < 4.78 is 4.60. The summed E-state index contributed by atoms with van der Waals surface area (Å²) in [6.45, 7) is 0. The van der Waals surface area contributed by atoms with E-state index in [1.54, 1.807) is 30.3 Å². The fraction of sp³-hybridized carbons (Fsp3) is 0.379. The summed E-state index contributed by atoms with van der Waals surface area (Å²) in [5, 5.41) is 24.9. The summed E-state index contributed by atoms with van der Waals surface area (Å²) in [5.41, 5.74) is 4.70. The molecule has 3 aliphatic rings. The monoisotopic (exact) mass is 563 g/mol. The van der Waals surface area contributed by atoms with E-state index in [0.29, 0.717) is 22.4 Å². The van der Waals surface area contributed by atoms with Gasteiger partial charge in [-0.15, -0.1) is 0 Å². The molecule has 0 saturated heterocycles. The quantitative estimate of drug-likeness (QED) is 0.385. The number of phenols is 1. The van der Waals surface area contributed by atoms with Gasteiger partial charge in [-0.05, 0) is 67.7 Å². The van der Waals surface area contributed by atoms with Gasteiger partial charge in [0.1, 0.15) is 5.75 Å². The van der Waals surface area contributed by atoms with Crippen molar-refractivity contribution in [1.82, 2.24) is 4.90 Å². The maximum atomic E-state index is 13.9. The number of likely N-dealkylation sites (N-methyl/N-ethyl adjacent to an activating group) is 1. The number of nitrogens with one attached hydrogen (secondary N) is 1. The summed E-state index contributed by atoms with van der Waals surface area (Å²) in [6, 6.07) is 8.49. The van der Waals surface area contributed by atoms with E-state index in [0.717, 1.165) is 0 Å². The molecule has 6 atom stereocenters. The minimum atomic E-state index is -2.77. The number of carbonyl (C=O) groups is 6. The van der Waals surface area contributed by atoms with Gasteiger partial charge in [0.2, 0.25) is 5.91 Å².